The molecule has 3 rings (SSSR count). The molecule has 0 saturated carbocycles. The van der Waals surface area contributed by atoms with Crippen LogP contribution in [0.5, 0.6) is 5.75 Å². The minimum absolute atomic E-state index is 0.0725. The molecule has 180 valence electrons. The van der Waals surface area contributed by atoms with Crippen LogP contribution in [0.1, 0.15) is 66.1 Å². The van der Waals surface area contributed by atoms with Gasteiger partial charge in [0.1, 0.15) is 12.4 Å². The molecule has 0 aliphatic rings. The van der Waals surface area contributed by atoms with Gasteiger partial charge in [-0.3, -0.25) is 9.36 Å². The fourth-order valence-electron chi connectivity index (χ4n) is 4.45. The minimum atomic E-state index is -4.46. The predicted octanol–water partition coefficient (Wildman–Crippen LogP) is 6.67. The summed E-state index contributed by atoms with van der Waals surface area (Å²) in [4.78, 5) is 34.3. The first-order valence-electron chi connectivity index (χ1n) is 11.6. The van der Waals surface area contributed by atoms with Gasteiger partial charge >= 0.3 is 7.60 Å². The molecule has 5 nitrogen and oxygen atoms in total. The van der Waals surface area contributed by atoms with Crippen molar-refractivity contribution in [3.63, 3.8) is 0 Å². The molecule has 3 aromatic carbocycles. The number of hydrogen-bond donors (Lipinski definition) is 2. The third-order valence-electron chi connectivity index (χ3n) is 6.77. The van der Waals surface area contributed by atoms with Gasteiger partial charge in [-0.2, -0.15) is 0 Å². The molecule has 0 fully saturated rings. The fourth-order valence-corrected chi connectivity index (χ4v) is 5.70. The van der Waals surface area contributed by atoms with Crippen LogP contribution >= 0.6 is 7.60 Å². The van der Waals surface area contributed by atoms with Crippen LogP contribution in [0.3, 0.4) is 0 Å². The van der Waals surface area contributed by atoms with Crippen LogP contribution in [0.4, 0.5) is 0 Å². The molecule has 6 heteroatoms. The summed E-state index contributed by atoms with van der Waals surface area (Å²) in [7, 11) is -4.46. The van der Waals surface area contributed by atoms with E-state index in [9.17, 15) is 19.1 Å². The van der Waals surface area contributed by atoms with Crippen molar-refractivity contribution in [2.24, 2.45) is 0 Å². The number of ether oxygens (including phenoxy) is 1. The monoisotopic (exact) mass is 480 g/mol. The van der Waals surface area contributed by atoms with E-state index in [0.717, 1.165) is 16.7 Å². The Morgan fingerprint density at radius 3 is 2.21 bits per heavy atom. The third-order valence-corrected chi connectivity index (χ3v) is 8.82. The zero-order chi connectivity index (χ0) is 24.8. The van der Waals surface area contributed by atoms with E-state index >= 15 is 0 Å². The van der Waals surface area contributed by atoms with Gasteiger partial charge in [-0.1, -0.05) is 80.6 Å². The molecule has 1 atom stereocenters. The first-order valence-corrected chi connectivity index (χ1v) is 13.2. The first-order chi connectivity index (χ1) is 16.2. The van der Waals surface area contributed by atoms with Gasteiger partial charge in [0.05, 0.1) is 5.16 Å². The first kappa shape index (κ1) is 25.9. The molecule has 2 N–H and O–H groups in total. The second kappa shape index (κ2) is 11.1. The van der Waals surface area contributed by atoms with Gasteiger partial charge in [0.25, 0.3) is 0 Å². The summed E-state index contributed by atoms with van der Waals surface area (Å²) < 4.78 is 18.5. The summed E-state index contributed by atoms with van der Waals surface area (Å²) in [6.45, 7) is 5.86. The van der Waals surface area contributed by atoms with E-state index in [1.54, 1.807) is 38.1 Å². The van der Waals surface area contributed by atoms with E-state index in [1.807, 2.05) is 61.5 Å². The zero-order valence-corrected chi connectivity index (χ0v) is 20.9. The normalized spacial score (nSPS) is 12.9. The summed E-state index contributed by atoms with van der Waals surface area (Å²) in [5.74, 6) is -0.275. The van der Waals surface area contributed by atoms with Crippen LogP contribution in [0.15, 0.2) is 78.9 Å². The molecule has 0 amide bonds. The van der Waals surface area contributed by atoms with E-state index in [2.05, 4.69) is 0 Å². The lowest BCUT2D eigenvalue weighted by Crippen LogP contribution is -2.32. The van der Waals surface area contributed by atoms with Crippen molar-refractivity contribution in [1.29, 1.82) is 0 Å². The molecule has 0 aliphatic carbocycles. The van der Waals surface area contributed by atoms with Crippen molar-refractivity contribution in [1.82, 2.24) is 0 Å². The smallest absolute Gasteiger partial charge is 0.331 e. The highest BCUT2D eigenvalue weighted by Gasteiger charge is 2.46. The molecular weight excluding hydrogens is 447 g/mol. The van der Waals surface area contributed by atoms with Crippen LogP contribution in [0.2, 0.25) is 0 Å². The highest BCUT2D eigenvalue weighted by Crippen LogP contribution is 2.58. The molecule has 0 spiro atoms. The van der Waals surface area contributed by atoms with E-state index in [1.165, 1.54) is 0 Å². The quantitative estimate of drug-likeness (QED) is 0.237. The Morgan fingerprint density at radius 2 is 1.59 bits per heavy atom. The van der Waals surface area contributed by atoms with Gasteiger partial charge in [0.15, 0.2) is 5.78 Å². The molecule has 0 heterocycles. The van der Waals surface area contributed by atoms with Crippen LogP contribution in [-0.2, 0) is 11.2 Å². The summed E-state index contributed by atoms with van der Waals surface area (Å²) in [5.41, 5.74) is 3.20. The average molecular weight is 481 g/mol. The second-order valence-corrected chi connectivity index (χ2v) is 10.8. The summed E-state index contributed by atoms with van der Waals surface area (Å²) in [5, 5.41) is -1.27. The molecular formula is C28H33O5P. The van der Waals surface area contributed by atoms with Crippen LogP contribution < -0.4 is 4.74 Å². The summed E-state index contributed by atoms with van der Waals surface area (Å²) in [6, 6.07) is 24.4. The van der Waals surface area contributed by atoms with E-state index in [0.29, 0.717) is 17.9 Å². The van der Waals surface area contributed by atoms with Crippen molar-refractivity contribution < 1.29 is 23.9 Å². The van der Waals surface area contributed by atoms with Gasteiger partial charge < -0.3 is 14.5 Å². The van der Waals surface area contributed by atoms with E-state index in [4.69, 9.17) is 4.74 Å². The van der Waals surface area contributed by atoms with Crippen molar-refractivity contribution in [2.45, 2.75) is 57.7 Å². The Labute approximate surface area is 202 Å². The Hall–Kier alpha value is -2.72. The Bertz CT molecular complexity index is 1150. The largest absolute Gasteiger partial charge is 0.489 e. The zero-order valence-electron chi connectivity index (χ0n) is 20.0. The van der Waals surface area contributed by atoms with Gasteiger partial charge in [0.2, 0.25) is 0 Å². The number of Topliss-reactive ketones (excluding diaryl/α,β-unsaturated/α-hetero) is 1. The molecule has 3 aromatic rings. The second-order valence-electron chi connectivity index (χ2n) is 8.76. The number of benzene rings is 3. The summed E-state index contributed by atoms with van der Waals surface area (Å²) >= 11 is 0. The van der Waals surface area contributed by atoms with E-state index in [-0.39, 0.29) is 25.0 Å². The summed E-state index contributed by atoms with van der Waals surface area (Å²) in [6.07, 6.45) is 0.635. The van der Waals surface area contributed by atoms with Gasteiger partial charge in [0, 0.05) is 11.5 Å². The number of carbonyl (C=O) groups excluding carboxylic acids is 1. The van der Waals surface area contributed by atoms with Gasteiger partial charge in [-0.05, 0) is 55.0 Å². The lowest BCUT2D eigenvalue weighted by atomic mass is 9.79. The number of hydrogen-bond acceptors (Lipinski definition) is 3. The highest BCUT2D eigenvalue weighted by molar-refractivity contribution is 7.53. The average Bonchev–Trinajstić information content (AvgIpc) is 2.84. The highest BCUT2D eigenvalue weighted by atomic mass is 31.2. The lowest BCUT2D eigenvalue weighted by Gasteiger charge is -2.35. The van der Waals surface area contributed by atoms with Gasteiger partial charge in [-0.15, -0.1) is 0 Å². The predicted molar refractivity (Wildman–Crippen MR) is 135 cm³/mol. The molecule has 0 bridgehead atoms. The molecule has 0 aromatic heterocycles. The van der Waals surface area contributed by atoms with Crippen molar-refractivity contribution in [3.05, 3.63) is 101 Å². The Morgan fingerprint density at radius 1 is 0.941 bits per heavy atom. The number of carbonyl (C=O) groups is 1. The number of rotatable bonds is 11. The molecule has 0 radical (unpaired) electrons. The maximum atomic E-state index is 13.9. The van der Waals surface area contributed by atoms with Crippen LogP contribution in [0, 0.1) is 6.92 Å². The molecule has 0 saturated heterocycles. The SMILES string of the molecule is CCC(CC)(CC(C(=O)c1cccc(OCc2ccccc2)c1)c1ccccc1C)P(=O)(O)O. The number of ketones is 1. The molecule has 0 aliphatic heterocycles. The maximum Gasteiger partial charge on any atom is 0.331 e. The van der Waals surface area contributed by atoms with E-state index < -0.39 is 18.7 Å². The maximum absolute atomic E-state index is 13.9. The lowest BCUT2D eigenvalue weighted by molar-refractivity contribution is 0.0945. The fraction of sp³-hybridized carbons (Fsp3) is 0.321. The molecule has 1 unspecified atom stereocenters. The minimum Gasteiger partial charge on any atom is -0.489 e. The van der Waals surface area contributed by atoms with Gasteiger partial charge in [-0.25, -0.2) is 0 Å². The van der Waals surface area contributed by atoms with Crippen molar-refractivity contribution in [3.8, 4) is 5.75 Å². The van der Waals surface area contributed by atoms with Crippen molar-refractivity contribution >= 4 is 13.4 Å². The van der Waals surface area contributed by atoms with Crippen LogP contribution in [0.25, 0.3) is 0 Å². The number of aryl methyl sites for hydroxylation is 1. The van der Waals surface area contributed by atoms with Crippen molar-refractivity contribution in [2.75, 3.05) is 0 Å². The topological polar surface area (TPSA) is 83.8 Å². The standard InChI is InChI=1S/C28H33O5P/c1-4-28(5-2,34(30,31)32)19-26(25-17-10-9-12-21(25)3)27(29)23-15-11-16-24(18-23)33-20-22-13-7-6-8-14-22/h6-18,26H,4-5,19-20H2,1-3H3,(H2,30,31,32). The molecule has 34 heavy (non-hydrogen) atoms. The Kier molecular flexibility index (Phi) is 8.48. The van der Waals surface area contributed by atoms with Crippen LogP contribution in [-0.4, -0.2) is 20.7 Å². The third kappa shape index (κ3) is 5.85. The Balaban J connectivity index is 1.96.